The summed E-state index contributed by atoms with van der Waals surface area (Å²) in [6.07, 6.45) is 1.08. The maximum Gasteiger partial charge on any atom is 0.419 e. The molecule has 0 saturated carbocycles. The first-order valence-electron chi connectivity index (χ1n) is 6.97. The lowest BCUT2D eigenvalue weighted by atomic mass is 10.1. The van der Waals surface area contributed by atoms with Gasteiger partial charge >= 0.3 is 5.76 Å². The van der Waals surface area contributed by atoms with Crippen molar-refractivity contribution in [3.05, 3.63) is 34.3 Å². The van der Waals surface area contributed by atoms with Crippen molar-refractivity contribution in [2.45, 2.75) is 12.8 Å². The van der Waals surface area contributed by atoms with Crippen molar-refractivity contribution >= 4 is 17.0 Å². The van der Waals surface area contributed by atoms with Crippen LogP contribution in [-0.2, 0) is 18.3 Å². The molecule has 6 heteroatoms. The SMILES string of the molecule is CN(C)CCNC(=O)CCc1ccc2oc(=O)n(C)c2c1. The summed E-state index contributed by atoms with van der Waals surface area (Å²) >= 11 is 0. The second kappa shape index (κ2) is 6.58. The van der Waals surface area contributed by atoms with Crippen molar-refractivity contribution in [2.75, 3.05) is 27.2 Å². The minimum atomic E-state index is -0.372. The van der Waals surface area contributed by atoms with E-state index >= 15 is 0 Å². The molecule has 0 spiro atoms. The van der Waals surface area contributed by atoms with E-state index in [4.69, 9.17) is 4.42 Å². The molecule has 1 aromatic carbocycles. The van der Waals surface area contributed by atoms with Crippen molar-refractivity contribution in [1.82, 2.24) is 14.8 Å². The standard InChI is InChI=1S/C15H21N3O3/c1-17(2)9-8-16-14(19)7-5-11-4-6-13-12(10-11)18(3)15(20)21-13/h4,6,10H,5,7-9H2,1-3H3,(H,16,19). The number of hydrogen-bond acceptors (Lipinski definition) is 4. The quantitative estimate of drug-likeness (QED) is 0.852. The first-order chi connectivity index (χ1) is 9.97. The summed E-state index contributed by atoms with van der Waals surface area (Å²) in [5.74, 6) is -0.332. The highest BCUT2D eigenvalue weighted by atomic mass is 16.4. The number of rotatable bonds is 6. The molecule has 0 radical (unpaired) electrons. The van der Waals surface area contributed by atoms with Gasteiger partial charge in [0.1, 0.15) is 0 Å². The monoisotopic (exact) mass is 291 g/mol. The molecule has 0 unspecified atom stereocenters. The highest BCUT2D eigenvalue weighted by molar-refractivity contribution is 5.77. The van der Waals surface area contributed by atoms with Gasteiger partial charge in [0, 0.05) is 26.6 Å². The third-order valence-corrected chi connectivity index (χ3v) is 3.38. The smallest absolute Gasteiger partial charge is 0.408 e. The van der Waals surface area contributed by atoms with E-state index < -0.39 is 0 Å². The second-order valence-corrected chi connectivity index (χ2v) is 5.38. The van der Waals surface area contributed by atoms with Gasteiger partial charge in [-0.15, -0.1) is 0 Å². The summed E-state index contributed by atoms with van der Waals surface area (Å²) in [6, 6.07) is 5.56. The molecule has 0 fully saturated rings. The lowest BCUT2D eigenvalue weighted by Gasteiger charge is -2.10. The van der Waals surface area contributed by atoms with Gasteiger partial charge in [-0.25, -0.2) is 4.79 Å². The largest absolute Gasteiger partial charge is 0.419 e. The van der Waals surface area contributed by atoms with Gasteiger partial charge in [0.25, 0.3) is 0 Å². The molecule has 21 heavy (non-hydrogen) atoms. The number of benzene rings is 1. The molecule has 0 saturated heterocycles. The summed E-state index contributed by atoms with van der Waals surface area (Å²) in [4.78, 5) is 25.2. The Morgan fingerprint density at radius 1 is 1.38 bits per heavy atom. The van der Waals surface area contributed by atoms with E-state index in [2.05, 4.69) is 5.32 Å². The van der Waals surface area contributed by atoms with Crippen LogP contribution in [0.15, 0.2) is 27.4 Å². The Labute approximate surface area is 123 Å². The summed E-state index contributed by atoms with van der Waals surface area (Å²) in [6.45, 7) is 1.48. The molecular weight excluding hydrogens is 270 g/mol. The fourth-order valence-electron chi connectivity index (χ4n) is 2.09. The van der Waals surface area contributed by atoms with Crippen molar-refractivity contribution in [1.29, 1.82) is 0 Å². The predicted molar refractivity (Wildman–Crippen MR) is 81.3 cm³/mol. The third kappa shape index (κ3) is 3.95. The Kier molecular flexibility index (Phi) is 4.80. The molecule has 1 N–H and O–H groups in total. The zero-order chi connectivity index (χ0) is 15.4. The molecule has 1 amide bonds. The molecule has 6 nitrogen and oxygen atoms in total. The van der Waals surface area contributed by atoms with Crippen molar-refractivity contribution in [3.8, 4) is 0 Å². The van der Waals surface area contributed by atoms with Gasteiger partial charge in [-0.3, -0.25) is 9.36 Å². The van der Waals surface area contributed by atoms with Crippen LogP contribution >= 0.6 is 0 Å². The van der Waals surface area contributed by atoms with Crippen LogP contribution in [0.25, 0.3) is 11.1 Å². The molecule has 114 valence electrons. The van der Waals surface area contributed by atoms with Crippen molar-refractivity contribution in [3.63, 3.8) is 0 Å². The van der Waals surface area contributed by atoms with Gasteiger partial charge in [0.15, 0.2) is 5.58 Å². The Bertz CT molecular complexity index is 685. The Hall–Kier alpha value is -2.08. The minimum Gasteiger partial charge on any atom is -0.408 e. The number of carbonyl (C=O) groups excluding carboxylic acids is 1. The van der Waals surface area contributed by atoms with E-state index in [-0.39, 0.29) is 11.7 Å². The summed E-state index contributed by atoms with van der Waals surface area (Å²) < 4.78 is 6.55. The average Bonchev–Trinajstić information content (AvgIpc) is 2.71. The maximum atomic E-state index is 11.7. The van der Waals surface area contributed by atoms with Crippen LogP contribution in [0, 0.1) is 0 Å². The second-order valence-electron chi connectivity index (χ2n) is 5.38. The van der Waals surface area contributed by atoms with E-state index in [1.165, 1.54) is 4.57 Å². The molecule has 1 heterocycles. The Morgan fingerprint density at radius 3 is 2.86 bits per heavy atom. The van der Waals surface area contributed by atoms with Crippen molar-refractivity contribution in [2.24, 2.45) is 7.05 Å². The van der Waals surface area contributed by atoms with Crippen LogP contribution in [0.4, 0.5) is 0 Å². The minimum absolute atomic E-state index is 0.0398. The summed E-state index contributed by atoms with van der Waals surface area (Å²) in [7, 11) is 5.61. The predicted octanol–water partition coefficient (Wildman–Crippen LogP) is 0.742. The molecular formula is C15H21N3O3. The fourth-order valence-corrected chi connectivity index (χ4v) is 2.09. The molecule has 2 aromatic rings. The number of hydrogen-bond donors (Lipinski definition) is 1. The van der Waals surface area contributed by atoms with Crippen LogP contribution < -0.4 is 11.1 Å². The number of carbonyl (C=O) groups is 1. The molecule has 0 bridgehead atoms. The maximum absolute atomic E-state index is 11.7. The topological polar surface area (TPSA) is 67.5 Å². The Morgan fingerprint density at radius 2 is 2.14 bits per heavy atom. The van der Waals surface area contributed by atoms with Crippen molar-refractivity contribution < 1.29 is 9.21 Å². The number of likely N-dealkylation sites (N-methyl/N-ethyl adjacent to an activating group) is 1. The van der Waals surface area contributed by atoms with Crippen LogP contribution in [0.2, 0.25) is 0 Å². The van der Waals surface area contributed by atoms with E-state index in [1.54, 1.807) is 13.1 Å². The van der Waals surface area contributed by atoms with Crippen LogP contribution in [0.3, 0.4) is 0 Å². The number of nitrogens with zero attached hydrogens (tertiary/aromatic N) is 2. The van der Waals surface area contributed by atoms with Crippen LogP contribution in [0.5, 0.6) is 0 Å². The molecule has 1 aromatic heterocycles. The molecule has 0 aliphatic carbocycles. The highest BCUT2D eigenvalue weighted by Gasteiger charge is 2.08. The first kappa shape index (κ1) is 15.3. The number of aromatic nitrogens is 1. The van der Waals surface area contributed by atoms with Crippen LogP contribution in [0.1, 0.15) is 12.0 Å². The first-order valence-corrected chi connectivity index (χ1v) is 6.97. The van der Waals surface area contributed by atoms with E-state index in [9.17, 15) is 9.59 Å². The fraction of sp³-hybridized carbons (Fsp3) is 0.467. The normalized spacial score (nSPS) is 11.2. The molecule has 0 aliphatic rings. The zero-order valence-corrected chi connectivity index (χ0v) is 12.7. The third-order valence-electron chi connectivity index (χ3n) is 3.38. The number of aryl methyl sites for hydroxylation is 2. The summed E-state index contributed by atoms with van der Waals surface area (Å²) in [5.41, 5.74) is 2.34. The lowest BCUT2D eigenvalue weighted by Crippen LogP contribution is -2.31. The van der Waals surface area contributed by atoms with Gasteiger partial charge in [-0.1, -0.05) is 6.07 Å². The van der Waals surface area contributed by atoms with Crippen LogP contribution in [-0.4, -0.2) is 42.6 Å². The van der Waals surface area contributed by atoms with Gasteiger partial charge in [0.2, 0.25) is 5.91 Å². The van der Waals surface area contributed by atoms with E-state index in [1.807, 2.05) is 31.1 Å². The average molecular weight is 291 g/mol. The number of oxazole rings is 1. The van der Waals surface area contributed by atoms with Gasteiger partial charge in [0.05, 0.1) is 5.52 Å². The summed E-state index contributed by atoms with van der Waals surface area (Å²) in [5, 5.41) is 2.88. The lowest BCUT2D eigenvalue weighted by molar-refractivity contribution is -0.121. The Balaban J connectivity index is 1.93. The molecule has 0 aliphatic heterocycles. The van der Waals surface area contributed by atoms with Gasteiger partial charge in [-0.05, 0) is 38.2 Å². The van der Waals surface area contributed by atoms with E-state index in [0.29, 0.717) is 25.0 Å². The number of nitrogens with one attached hydrogen (secondary N) is 1. The zero-order valence-electron chi connectivity index (χ0n) is 12.7. The molecule has 2 rings (SSSR count). The number of amides is 1. The van der Waals surface area contributed by atoms with E-state index in [0.717, 1.165) is 17.6 Å². The highest BCUT2D eigenvalue weighted by Crippen LogP contribution is 2.15. The van der Waals surface area contributed by atoms with Gasteiger partial charge in [-0.2, -0.15) is 0 Å². The number of fused-ring (bicyclic) bond motifs is 1. The molecule has 0 atom stereocenters. The van der Waals surface area contributed by atoms with Gasteiger partial charge < -0.3 is 14.6 Å².